The zero-order valence-corrected chi connectivity index (χ0v) is 11.8. The lowest BCUT2D eigenvalue weighted by atomic mass is 10.3. The molecule has 1 heterocycles. The summed E-state index contributed by atoms with van der Waals surface area (Å²) < 4.78 is 15.5. The Hall–Kier alpha value is -1.82. The first kappa shape index (κ1) is 14.6. The summed E-state index contributed by atoms with van der Waals surface area (Å²) in [5.41, 5.74) is 0.593. The summed E-state index contributed by atoms with van der Waals surface area (Å²) in [5.74, 6) is 0.217. The molecule has 1 aromatic carbocycles. The Morgan fingerprint density at radius 1 is 1.25 bits per heavy atom. The largest absolute Gasteiger partial charge is 0.450 e. The molecule has 0 saturated carbocycles. The van der Waals surface area contributed by atoms with Crippen molar-refractivity contribution in [1.82, 2.24) is 0 Å². The number of hydrogen-bond donors (Lipinski definition) is 1. The molecule has 6 heteroatoms. The van der Waals surface area contributed by atoms with Crippen LogP contribution in [-0.2, 0) is 9.47 Å². The smallest absolute Gasteiger partial charge is 0.291 e. The first-order chi connectivity index (χ1) is 9.63. The van der Waals surface area contributed by atoms with E-state index >= 15 is 0 Å². The standard InChI is InChI=1S/C14H14ClNO4/c1-18-14(19-2)12-7-6-11(20-12)13(17)16-10-5-3-4-9(15)8-10/h3-8,14H,1-2H3,(H,16,17). The Balaban J connectivity index is 2.10. The van der Waals surface area contributed by atoms with Crippen LogP contribution in [0.15, 0.2) is 40.8 Å². The van der Waals surface area contributed by atoms with Crippen molar-refractivity contribution in [1.29, 1.82) is 0 Å². The van der Waals surface area contributed by atoms with Gasteiger partial charge in [-0.05, 0) is 30.3 Å². The summed E-state index contributed by atoms with van der Waals surface area (Å²) in [6.07, 6.45) is -0.636. The van der Waals surface area contributed by atoms with E-state index in [9.17, 15) is 4.79 Å². The second-order valence-electron chi connectivity index (χ2n) is 3.97. The quantitative estimate of drug-likeness (QED) is 0.858. The van der Waals surface area contributed by atoms with Crippen LogP contribution >= 0.6 is 11.6 Å². The summed E-state index contributed by atoms with van der Waals surface area (Å²) in [7, 11) is 2.98. The Kier molecular flexibility index (Phi) is 4.79. The number of carbonyl (C=O) groups excluding carboxylic acids is 1. The van der Waals surface area contributed by atoms with Crippen molar-refractivity contribution in [2.45, 2.75) is 6.29 Å². The molecular weight excluding hydrogens is 282 g/mol. The molecule has 1 N–H and O–H groups in total. The van der Waals surface area contributed by atoms with E-state index in [1.54, 1.807) is 36.4 Å². The van der Waals surface area contributed by atoms with Gasteiger partial charge in [-0.15, -0.1) is 0 Å². The van der Waals surface area contributed by atoms with Crippen LogP contribution in [-0.4, -0.2) is 20.1 Å². The Morgan fingerprint density at radius 3 is 2.65 bits per heavy atom. The van der Waals surface area contributed by atoms with Crippen LogP contribution in [0.4, 0.5) is 5.69 Å². The van der Waals surface area contributed by atoms with Crippen LogP contribution in [0.5, 0.6) is 0 Å². The van der Waals surface area contributed by atoms with E-state index in [1.165, 1.54) is 14.2 Å². The van der Waals surface area contributed by atoms with Crippen LogP contribution in [0.1, 0.15) is 22.6 Å². The van der Waals surface area contributed by atoms with Gasteiger partial charge in [-0.3, -0.25) is 4.79 Å². The number of anilines is 1. The van der Waals surface area contributed by atoms with E-state index in [-0.39, 0.29) is 11.7 Å². The summed E-state index contributed by atoms with van der Waals surface area (Å²) in [6, 6.07) is 10.0. The minimum Gasteiger partial charge on any atom is -0.450 e. The predicted octanol–water partition coefficient (Wildman–Crippen LogP) is 3.48. The molecular formula is C14H14ClNO4. The molecule has 0 saturated heterocycles. The number of nitrogens with one attached hydrogen (secondary N) is 1. The van der Waals surface area contributed by atoms with Gasteiger partial charge in [0.15, 0.2) is 11.5 Å². The average Bonchev–Trinajstić information content (AvgIpc) is 2.90. The lowest BCUT2D eigenvalue weighted by Crippen LogP contribution is -2.11. The lowest BCUT2D eigenvalue weighted by molar-refractivity contribution is -0.117. The van der Waals surface area contributed by atoms with Crippen molar-refractivity contribution in [3.8, 4) is 0 Å². The second kappa shape index (κ2) is 6.56. The van der Waals surface area contributed by atoms with Gasteiger partial charge in [0.2, 0.25) is 6.29 Å². The number of ether oxygens (including phenoxy) is 2. The number of benzene rings is 1. The maximum atomic E-state index is 12.0. The highest BCUT2D eigenvalue weighted by molar-refractivity contribution is 6.30. The van der Waals surface area contributed by atoms with Gasteiger partial charge in [0.1, 0.15) is 0 Å². The molecule has 0 atom stereocenters. The van der Waals surface area contributed by atoms with Gasteiger partial charge in [-0.2, -0.15) is 0 Å². The van der Waals surface area contributed by atoms with Crippen molar-refractivity contribution >= 4 is 23.2 Å². The predicted molar refractivity (Wildman–Crippen MR) is 74.9 cm³/mol. The van der Waals surface area contributed by atoms with Gasteiger partial charge in [0.25, 0.3) is 5.91 Å². The number of carbonyl (C=O) groups is 1. The molecule has 1 aromatic heterocycles. The van der Waals surface area contributed by atoms with Crippen LogP contribution in [0.25, 0.3) is 0 Å². The fourth-order valence-corrected chi connectivity index (χ4v) is 1.88. The lowest BCUT2D eigenvalue weighted by Gasteiger charge is -2.09. The number of halogens is 1. The highest BCUT2D eigenvalue weighted by Crippen LogP contribution is 2.21. The molecule has 2 aromatic rings. The van der Waals surface area contributed by atoms with E-state index in [1.807, 2.05) is 0 Å². The summed E-state index contributed by atoms with van der Waals surface area (Å²) in [4.78, 5) is 12.0. The van der Waals surface area contributed by atoms with Crippen LogP contribution in [0.2, 0.25) is 5.02 Å². The van der Waals surface area contributed by atoms with E-state index in [0.29, 0.717) is 16.5 Å². The van der Waals surface area contributed by atoms with Crippen molar-refractivity contribution in [2.75, 3.05) is 19.5 Å². The Labute approximate surface area is 121 Å². The average molecular weight is 296 g/mol. The number of methoxy groups -OCH3 is 2. The minimum atomic E-state index is -0.636. The number of hydrogen-bond acceptors (Lipinski definition) is 4. The zero-order valence-electron chi connectivity index (χ0n) is 11.1. The molecule has 20 heavy (non-hydrogen) atoms. The van der Waals surface area contributed by atoms with Gasteiger partial charge < -0.3 is 19.2 Å². The molecule has 0 fully saturated rings. The van der Waals surface area contributed by atoms with E-state index in [4.69, 9.17) is 25.5 Å². The summed E-state index contributed by atoms with van der Waals surface area (Å²) in [5, 5.41) is 3.23. The SMILES string of the molecule is COC(OC)c1ccc(C(=O)Nc2cccc(Cl)c2)o1. The van der Waals surface area contributed by atoms with E-state index in [2.05, 4.69) is 5.32 Å². The highest BCUT2D eigenvalue weighted by atomic mass is 35.5. The molecule has 0 unspecified atom stereocenters. The molecule has 0 radical (unpaired) electrons. The van der Waals surface area contributed by atoms with Crippen molar-refractivity contribution in [2.24, 2.45) is 0 Å². The molecule has 2 rings (SSSR count). The highest BCUT2D eigenvalue weighted by Gasteiger charge is 2.17. The minimum absolute atomic E-state index is 0.166. The van der Waals surface area contributed by atoms with Gasteiger partial charge in [0.05, 0.1) is 0 Å². The Bertz CT molecular complexity index is 592. The van der Waals surface area contributed by atoms with Gasteiger partial charge in [-0.1, -0.05) is 17.7 Å². The third-order valence-corrected chi connectivity index (χ3v) is 2.83. The first-order valence-corrected chi connectivity index (χ1v) is 6.24. The third-order valence-electron chi connectivity index (χ3n) is 2.59. The summed E-state index contributed by atoms with van der Waals surface area (Å²) in [6.45, 7) is 0. The summed E-state index contributed by atoms with van der Waals surface area (Å²) >= 11 is 5.85. The normalized spacial score (nSPS) is 10.8. The topological polar surface area (TPSA) is 60.7 Å². The number of rotatable bonds is 5. The molecule has 0 bridgehead atoms. The maximum absolute atomic E-state index is 12.0. The van der Waals surface area contributed by atoms with E-state index in [0.717, 1.165) is 0 Å². The fraction of sp³-hybridized carbons (Fsp3) is 0.214. The van der Waals surface area contributed by atoms with Crippen LogP contribution < -0.4 is 5.32 Å². The van der Waals surface area contributed by atoms with Gasteiger partial charge in [0, 0.05) is 24.9 Å². The van der Waals surface area contributed by atoms with Crippen LogP contribution in [0, 0.1) is 0 Å². The molecule has 0 aliphatic rings. The van der Waals surface area contributed by atoms with Gasteiger partial charge >= 0.3 is 0 Å². The number of amides is 1. The second-order valence-corrected chi connectivity index (χ2v) is 4.41. The van der Waals surface area contributed by atoms with Gasteiger partial charge in [-0.25, -0.2) is 0 Å². The van der Waals surface area contributed by atoms with E-state index < -0.39 is 6.29 Å². The fourth-order valence-electron chi connectivity index (χ4n) is 1.69. The molecule has 0 aliphatic carbocycles. The molecule has 1 amide bonds. The maximum Gasteiger partial charge on any atom is 0.291 e. The molecule has 106 valence electrons. The third kappa shape index (κ3) is 3.39. The van der Waals surface area contributed by atoms with Crippen molar-refractivity contribution < 1.29 is 18.7 Å². The zero-order chi connectivity index (χ0) is 14.5. The number of furan rings is 1. The monoisotopic (exact) mass is 295 g/mol. The molecule has 0 spiro atoms. The van der Waals surface area contributed by atoms with Crippen molar-refractivity contribution in [3.05, 3.63) is 52.9 Å². The Morgan fingerprint density at radius 2 is 2.00 bits per heavy atom. The van der Waals surface area contributed by atoms with Crippen molar-refractivity contribution in [3.63, 3.8) is 0 Å². The molecule has 5 nitrogen and oxygen atoms in total. The molecule has 0 aliphatic heterocycles. The first-order valence-electron chi connectivity index (χ1n) is 5.86. The van der Waals surface area contributed by atoms with Crippen LogP contribution in [0.3, 0.4) is 0 Å².